The zero-order valence-corrected chi connectivity index (χ0v) is 10.8. The second kappa shape index (κ2) is 5.64. The molecule has 2 rings (SSSR count). The zero-order chi connectivity index (χ0) is 13.0. The first-order chi connectivity index (χ1) is 8.66. The summed E-state index contributed by atoms with van der Waals surface area (Å²) in [6, 6.07) is 5.69. The SMILES string of the molecule is CN(C)CCCNc1ncnc2cc(N)ccc12. The molecule has 0 spiro atoms. The van der Waals surface area contributed by atoms with Crippen molar-refractivity contribution in [3.63, 3.8) is 0 Å². The van der Waals surface area contributed by atoms with Crippen molar-refractivity contribution in [2.24, 2.45) is 0 Å². The van der Waals surface area contributed by atoms with E-state index in [-0.39, 0.29) is 0 Å². The van der Waals surface area contributed by atoms with Gasteiger partial charge in [-0.15, -0.1) is 0 Å². The van der Waals surface area contributed by atoms with E-state index in [1.807, 2.05) is 18.2 Å². The fourth-order valence-electron chi connectivity index (χ4n) is 1.82. The molecule has 96 valence electrons. The number of rotatable bonds is 5. The average Bonchev–Trinajstić information content (AvgIpc) is 2.34. The third kappa shape index (κ3) is 3.07. The Hall–Kier alpha value is -1.88. The molecular weight excluding hydrogens is 226 g/mol. The van der Waals surface area contributed by atoms with E-state index in [9.17, 15) is 0 Å². The van der Waals surface area contributed by atoms with Crippen molar-refractivity contribution in [3.8, 4) is 0 Å². The molecule has 0 radical (unpaired) electrons. The first-order valence-electron chi connectivity index (χ1n) is 6.05. The van der Waals surface area contributed by atoms with Crippen molar-refractivity contribution in [2.75, 3.05) is 38.2 Å². The standard InChI is InChI=1S/C13H19N5/c1-18(2)7-3-6-15-13-11-5-4-10(14)8-12(11)16-9-17-13/h4-5,8-9H,3,6-7,14H2,1-2H3,(H,15,16,17). The zero-order valence-electron chi connectivity index (χ0n) is 10.8. The number of anilines is 2. The number of nitrogens with two attached hydrogens (primary N) is 1. The van der Waals surface area contributed by atoms with E-state index in [0.717, 1.165) is 41.9 Å². The molecule has 0 atom stereocenters. The van der Waals surface area contributed by atoms with Crippen LogP contribution in [0, 0.1) is 0 Å². The van der Waals surface area contributed by atoms with Gasteiger partial charge in [-0.05, 0) is 45.3 Å². The van der Waals surface area contributed by atoms with Gasteiger partial charge in [0, 0.05) is 17.6 Å². The second-order valence-corrected chi connectivity index (χ2v) is 4.58. The molecule has 0 saturated carbocycles. The predicted octanol–water partition coefficient (Wildman–Crippen LogP) is 1.58. The van der Waals surface area contributed by atoms with Crippen molar-refractivity contribution in [1.29, 1.82) is 0 Å². The molecule has 3 N–H and O–H groups in total. The molecule has 0 aliphatic rings. The van der Waals surface area contributed by atoms with Gasteiger partial charge in [0.15, 0.2) is 0 Å². The second-order valence-electron chi connectivity index (χ2n) is 4.58. The summed E-state index contributed by atoms with van der Waals surface area (Å²) in [5, 5.41) is 4.35. The van der Waals surface area contributed by atoms with Gasteiger partial charge in [-0.1, -0.05) is 0 Å². The van der Waals surface area contributed by atoms with Crippen LogP contribution < -0.4 is 11.1 Å². The number of fused-ring (bicyclic) bond motifs is 1. The van der Waals surface area contributed by atoms with Crippen LogP contribution in [0.1, 0.15) is 6.42 Å². The molecule has 18 heavy (non-hydrogen) atoms. The minimum Gasteiger partial charge on any atom is -0.399 e. The maximum Gasteiger partial charge on any atom is 0.137 e. The summed E-state index contributed by atoms with van der Waals surface area (Å²) in [5.41, 5.74) is 7.34. The third-order valence-electron chi connectivity index (χ3n) is 2.74. The summed E-state index contributed by atoms with van der Waals surface area (Å²) in [6.45, 7) is 1.96. The van der Waals surface area contributed by atoms with E-state index in [0.29, 0.717) is 0 Å². The van der Waals surface area contributed by atoms with Gasteiger partial charge in [-0.25, -0.2) is 9.97 Å². The molecule has 1 aromatic carbocycles. The minimum atomic E-state index is 0.722. The molecular formula is C13H19N5. The fraction of sp³-hybridized carbons (Fsp3) is 0.385. The first kappa shape index (κ1) is 12.6. The fourth-order valence-corrected chi connectivity index (χ4v) is 1.82. The van der Waals surface area contributed by atoms with Crippen molar-refractivity contribution < 1.29 is 0 Å². The number of nitrogens with zero attached hydrogens (tertiary/aromatic N) is 3. The van der Waals surface area contributed by atoms with Crippen LogP contribution in [-0.2, 0) is 0 Å². The molecule has 5 heteroatoms. The number of benzene rings is 1. The molecule has 5 nitrogen and oxygen atoms in total. The van der Waals surface area contributed by atoms with Gasteiger partial charge in [0.25, 0.3) is 0 Å². The summed E-state index contributed by atoms with van der Waals surface area (Å²) in [6.07, 6.45) is 2.64. The Morgan fingerprint density at radius 3 is 2.89 bits per heavy atom. The summed E-state index contributed by atoms with van der Waals surface area (Å²) in [4.78, 5) is 10.7. The van der Waals surface area contributed by atoms with E-state index in [1.54, 1.807) is 6.33 Å². The van der Waals surface area contributed by atoms with Crippen LogP contribution in [0.5, 0.6) is 0 Å². The minimum absolute atomic E-state index is 0.722. The van der Waals surface area contributed by atoms with Crippen molar-refractivity contribution >= 4 is 22.4 Å². The summed E-state index contributed by atoms with van der Waals surface area (Å²) < 4.78 is 0. The van der Waals surface area contributed by atoms with Crippen LogP contribution in [0.25, 0.3) is 10.9 Å². The lowest BCUT2D eigenvalue weighted by Gasteiger charge is -2.11. The highest BCUT2D eigenvalue weighted by molar-refractivity contribution is 5.90. The van der Waals surface area contributed by atoms with Gasteiger partial charge in [0.05, 0.1) is 5.52 Å². The van der Waals surface area contributed by atoms with Crippen LogP contribution in [-0.4, -0.2) is 42.1 Å². The number of nitrogens with one attached hydrogen (secondary N) is 1. The summed E-state index contributed by atoms with van der Waals surface area (Å²) in [5.74, 6) is 0.874. The molecule has 0 amide bonds. The van der Waals surface area contributed by atoms with Crippen molar-refractivity contribution in [1.82, 2.24) is 14.9 Å². The smallest absolute Gasteiger partial charge is 0.137 e. The monoisotopic (exact) mass is 245 g/mol. The quantitative estimate of drug-likeness (QED) is 0.618. The van der Waals surface area contributed by atoms with Crippen LogP contribution >= 0.6 is 0 Å². The lowest BCUT2D eigenvalue weighted by molar-refractivity contribution is 0.405. The maximum absolute atomic E-state index is 5.74. The Morgan fingerprint density at radius 2 is 2.11 bits per heavy atom. The highest BCUT2D eigenvalue weighted by atomic mass is 15.1. The molecule has 0 saturated heterocycles. The van der Waals surface area contributed by atoms with E-state index >= 15 is 0 Å². The van der Waals surface area contributed by atoms with Crippen LogP contribution in [0.15, 0.2) is 24.5 Å². The molecule has 0 bridgehead atoms. The largest absolute Gasteiger partial charge is 0.399 e. The van der Waals surface area contributed by atoms with E-state index in [1.165, 1.54) is 0 Å². The van der Waals surface area contributed by atoms with Crippen LogP contribution in [0.4, 0.5) is 11.5 Å². The Morgan fingerprint density at radius 1 is 1.28 bits per heavy atom. The van der Waals surface area contributed by atoms with Crippen molar-refractivity contribution in [2.45, 2.75) is 6.42 Å². The average molecular weight is 245 g/mol. The van der Waals surface area contributed by atoms with Gasteiger partial charge in [-0.3, -0.25) is 0 Å². The molecule has 1 aromatic heterocycles. The Balaban J connectivity index is 2.08. The van der Waals surface area contributed by atoms with Gasteiger partial charge in [0.1, 0.15) is 12.1 Å². The Kier molecular flexibility index (Phi) is 3.94. The Bertz CT molecular complexity index is 524. The van der Waals surface area contributed by atoms with Crippen LogP contribution in [0.2, 0.25) is 0 Å². The van der Waals surface area contributed by atoms with E-state index in [2.05, 4.69) is 34.3 Å². The summed E-state index contributed by atoms with van der Waals surface area (Å²) >= 11 is 0. The normalized spacial score (nSPS) is 11.1. The highest BCUT2D eigenvalue weighted by Crippen LogP contribution is 2.20. The molecule has 2 aromatic rings. The molecule has 0 aliphatic carbocycles. The molecule has 0 fully saturated rings. The number of nitrogen functional groups attached to an aromatic ring is 1. The van der Waals surface area contributed by atoms with Gasteiger partial charge in [-0.2, -0.15) is 0 Å². The number of hydrogen-bond donors (Lipinski definition) is 2. The molecule has 0 unspecified atom stereocenters. The first-order valence-corrected chi connectivity index (χ1v) is 6.05. The van der Waals surface area contributed by atoms with Crippen LogP contribution in [0.3, 0.4) is 0 Å². The lowest BCUT2D eigenvalue weighted by Crippen LogP contribution is -2.16. The Labute approximate surface area is 107 Å². The topological polar surface area (TPSA) is 67.1 Å². The maximum atomic E-state index is 5.74. The number of aromatic nitrogens is 2. The summed E-state index contributed by atoms with van der Waals surface area (Å²) in [7, 11) is 4.14. The number of hydrogen-bond acceptors (Lipinski definition) is 5. The van der Waals surface area contributed by atoms with Gasteiger partial charge in [0.2, 0.25) is 0 Å². The lowest BCUT2D eigenvalue weighted by atomic mass is 10.2. The predicted molar refractivity (Wildman–Crippen MR) is 75.6 cm³/mol. The van der Waals surface area contributed by atoms with Gasteiger partial charge >= 0.3 is 0 Å². The van der Waals surface area contributed by atoms with Crippen molar-refractivity contribution in [3.05, 3.63) is 24.5 Å². The molecule has 0 aliphatic heterocycles. The van der Waals surface area contributed by atoms with E-state index in [4.69, 9.17) is 5.73 Å². The third-order valence-corrected chi connectivity index (χ3v) is 2.74. The molecule has 1 heterocycles. The van der Waals surface area contributed by atoms with Gasteiger partial charge < -0.3 is 16.0 Å². The highest BCUT2D eigenvalue weighted by Gasteiger charge is 2.03. The van der Waals surface area contributed by atoms with E-state index < -0.39 is 0 Å².